The smallest absolute Gasteiger partial charge is 0.224 e. The van der Waals surface area contributed by atoms with Crippen molar-refractivity contribution < 1.29 is 13.6 Å². The van der Waals surface area contributed by atoms with Crippen LogP contribution in [0.1, 0.15) is 16.1 Å². The molecule has 0 aliphatic heterocycles. The predicted molar refractivity (Wildman–Crippen MR) is 105 cm³/mol. The van der Waals surface area contributed by atoms with Crippen LogP contribution in [-0.2, 0) is 17.8 Å². The molecule has 0 fully saturated rings. The maximum absolute atomic E-state index is 13.1. The van der Waals surface area contributed by atoms with E-state index in [2.05, 4.69) is 10.3 Å². The fourth-order valence-corrected chi connectivity index (χ4v) is 3.99. The summed E-state index contributed by atoms with van der Waals surface area (Å²) in [5.74, 6) is -0.717. The van der Waals surface area contributed by atoms with Crippen LogP contribution < -0.4 is 5.32 Å². The van der Waals surface area contributed by atoms with E-state index in [9.17, 15) is 13.6 Å². The summed E-state index contributed by atoms with van der Waals surface area (Å²) < 4.78 is 28.0. The quantitative estimate of drug-likeness (QED) is 0.539. The number of nitrogens with zero attached hydrogens (tertiary/aromatic N) is 2. The molecule has 7 heteroatoms. The van der Waals surface area contributed by atoms with Crippen LogP contribution in [0.25, 0.3) is 16.2 Å². The lowest BCUT2D eigenvalue weighted by Gasteiger charge is -2.05. The summed E-state index contributed by atoms with van der Waals surface area (Å²) in [6, 6.07) is 12.1. The van der Waals surface area contributed by atoms with Crippen molar-refractivity contribution in [1.82, 2.24) is 14.7 Å². The van der Waals surface area contributed by atoms with E-state index in [-0.39, 0.29) is 24.0 Å². The maximum atomic E-state index is 13.1. The molecule has 0 spiro atoms. The summed E-state index contributed by atoms with van der Waals surface area (Å²) in [6.07, 6.45) is 2.12. The molecule has 0 unspecified atom stereocenters. The van der Waals surface area contributed by atoms with Crippen LogP contribution in [0.2, 0.25) is 0 Å². The van der Waals surface area contributed by atoms with Crippen LogP contribution in [0.15, 0.2) is 54.7 Å². The molecule has 4 rings (SSSR count). The number of thiazole rings is 1. The average Bonchev–Trinajstić information content (AvgIpc) is 3.22. The highest BCUT2D eigenvalue weighted by atomic mass is 32.1. The molecule has 0 saturated carbocycles. The minimum Gasteiger partial charge on any atom is -0.351 e. The van der Waals surface area contributed by atoms with E-state index in [0.717, 1.165) is 32.4 Å². The Morgan fingerprint density at radius 2 is 1.71 bits per heavy atom. The molecule has 1 N–H and O–H groups in total. The number of aryl methyl sites for hydroxylation is 1. The normalized spacial score (nSPS) is 11.1. The standard InChI is InChI=1S/C21H17F2N3OS/c1-13-19(11-24-20(27)10-14-2-6-16(22)7-3-14)28-21-25-18(12-26(13)21)15-4-8-17(23)9-5-15/h2-9,12H,10-11H2,1H3,(H,24,27). The van der Waals surface area contributed by atoms with Crippen LogP contribution >= 0.6 is 11.3 Å². The van der Waals surface area contributed by atoms with Crippen molar-refractivity contribution in [3.63, 3.8) is 0 Å². The number of amides is 1. The average molecular weight is 397 g/mol. The van der Waals surface area contributed by atoms with Gasteiger partial charge in [-0.15, -0.1) is 0 Å². The van der Waals surface area contributed by atoms with E-state index >= 15 is 0 Å². The zero-order valence-corrected chi connectivity index (χ0v) is 15.9. The highest BCUT2D eigenvalue weighted by Crippen LogP contribution is 2.27. The first kappa shape index (κ1) is 18.3. The molecule has 4 nitrogen and oxygen atoms in total. The van der Waals surface area contributed by atoms with Crippen LogP contribution in [-0.4, -0.2) is 15.3 Å². The molecule has 28 heavy (non-hydrogen) atoms. The van der Waals surface area contributed by atoms with Gasteiger partial charge < -0.3 is 5.32 Å². The zero-order valence-electron chi connectivity index (χ0n) is 15.1. The second-order valence-corrected chi connectivity index (χ2v) is 7.54. The Morgan fingerprint density at radius 1 is 1.07 bits per heavy atom. The number of carbonyl (C=O) groups excluding carboxylic acids is 1. The number of halogens is 2. The Balaban J connectivity index is 1.45. The Labute approximate surface area is 164 Å². The number of hydrogen-bond donors (Lipinski definition) is 1. The summed E-state index contributed by atoms with van der Waals surface area (Å²) in [7, 11) is 0. The van der Waals surface area contributed by atoms with E-state index in [1.54, 1.807) is 24.3 Å². The van der Waals surface area contributed by atoms with Crippen molar-refractivity contribution in [2.24, 2.45) is 0 Å². The summed E-state index contributed by atoms with van der Waals surface area (Å²) in [5.41, 5.74) is 3.40. The molecule has 2 heterocycles. The first-order valence-corrected chi connectivity index (χ1v) is 9.56. The van der Waals surface area contributed by atoms with Gasteiger partial charge in [-0.1, -0.05) is 23.5 Å². The third-order valence-electron chi connectivity index (χ3n) is 4.52. The minimum atomic E-state index is -0.318. The third-order valence-corrected chi connectivity index (χ3v) is 5.67. The molecule has 0 bridgehead atoms. The van der Waals surface area contributed by atoms with Crippen molar-refractivity contribution in [3.8, 4) is 11.3 Å². The summed E-state index contributed by atoms with van der Waals surface area (Å²) in [5, 5.41) is 2.90. The van der Waals surface area contributed by atoms with Gasteiger partial charge in [0.1, 0.15) is 11.6 Å². The minimum absolute atomic E-state index is 0.121. The van der Waals surface area contributed by atoms with Gasteiger partial charge in [0.05, 0.1) is 18.7 Å². The topological polar surface area (TPSA) is 46.4 Å². The molecule has 0 saturated heterocycles. The highest BCUT2D eigenvalue weighted by Gasteiger charge is 2.14. The van der Waals surface area contributed by atoms with E-state index < -0.39 is 0 Å². The van der Waals surface area contributed by atoms with Crippen LogP contribution in [0.4, 0.5) is 8.78 Å². The largest absolute Gasteiger partial charge is 0.351 e. The maximum Gasteiger partial charge on any atom is 0.224 e. The Kier molecular flexibility index (Phi) is 4.92. The molecule has 0 atom stereocenters. The molecular formula is C21H17F2N3OS. The summed E-state index contributed by atoms with van der Waals surface area (Å²) >= 11 is 1.51. The van der Waals surface area contributed by atoms with Crippen molar-refractivity contribution in [2.45, 2.75) is 19.9 Å². The van der Waals surface area contributed by atoms with Crippen LogP contribution in [0.3, 0.4) is 0 Å². The van der Waals surface area contributed by atoms with E-state index in [1.807, 2.05) is 17.5 Å². The van der Waals surface area contributed by atoms with E-state index in [0.29, 0.717) is 6.54 Å². The molecule has 2 aromatic heterocycles. The van der Waals surface area contributed by atoms with Crippen LogP contribution in [0, 0.1) is 18.6 Å². The zero-order chi connectivity index (χ0) is 19.7. The predicted octanol–water partition coefficient (Wildman–Crippen LogP) is 4.51. The van der Waals surface area contributed by atoms with Crippen molar-refractivity contribution in [3.05, 3.63) is 82.5 Å². The molecule has 0 radical (unpaired) electrons. The van der Waals surface area contributed by atoms with Gasteiger partial charge in [-0.05, 0) is 48.9 Å². The van der Waals surface area contributed by atoms with Gasteiger partial charge in [0, 0.05) is 22.3 Å². The molecule has 4 aromatic rings. The highest BCUT2D eigenvalue weighted by molar-refractivity contribution is 7.17. The molecule has 142 valence electrons. The van der Waals surface area contributed by atoms with Crippen LogP contribution in [0.5, 0.6) is 0 Å². The van der Waals surface area contributed by atoms with Crippen molar-refractivity contribution >= 4 is 22.2 Å². The third kappa shape index (κ3) is 3.80. The lowest BCUT2D eigenvalue weighted by Crippen LogP contribution is -2.24. The monoisotopic (exact) mass is 397 g/mol. The first-order chi connectivity index (χ1) is 13.5. The molecule has 0 aliphatic rings. The number of benzene rings is 2. The Bertz CT molecular complexity index is 1130. The lowest BCUT2D eigenvalue weighted by atomic mass is 10.1. The van der Waals surface area contributed by atoms with Crippen molar-refractivity contribution in [2.75, 3.05) is 0 Å². The van der Waals surface area contributed by atoms with Gasteiger partial charge in [0.15, 0.2) is 4.96 Å². The number of aromatic nitrogens is 2. The number of imidazole rings is 1. The number of fused-ring (bicyclic) bond motifs is 1. The van der Waals surface area contributed by atoms with E-state index in [4.69, 9.17) is 0 Å². The number of nitrogens with one attached hydrogen (secondary N) is 1. The molecule has 0 aliphatic carbocycles. The summed E-state index contributed by atoms with van der Waals surface area (Å²) in [6.45, 7) is 2.38. The molecule has 2 aromatic carbocycles. The van der Waals surface area contributed by atoms with Gasteiger partial charge in [-0.2, -0.15) is 0 Å². The SMILES string of the molecule is Cc1c(CNC(=O)Cc2ccc(F)cc2)sc2nc(-c3ccc(F)cc3)cn12. The van der Waals surface area contributed by atoms with Gasteiger partial charge in [0.2, 0.25) is 5.91 Å². The van der Waals surface area contributed by atoms with Gasteiger partial charge in [-0.25, -0.2) is 13.8 Å². The second kappa shape index (κ2) is 7.52. The van der Waals surface area contributed by atoms with Gasteiger partial charge >= 0.3 is 0 Å². The second-order valence-electron chi connectivity index (χ2n) is 6.48. The lowest BCUT2D eigenvalue weighted by molar-refractivity contribution is -0.120. The van der Waals surface area contributed by atoms with Crippen molar-refractivity contribution in [1.29, 1.82) is 0 Å². The Morgan fingerprint density at radius 3 is 2.36 bits per heavy atom. The number of hydrogen-bond acceptors (Lipinski definition) is 3. The van der Waals surface area contributed by atoms with Gasteiger partial charge in [-0.3, -0.25) is 9.20 Å². The van der Waals surface area contributed by atoms with Gasteiger partial charge in [0.25, 0.3) is 0 Å². The van der Waals surface area contributed by atoms with E-state index in [1.165, 1.54) is 35.6 Å². The fraction of sp³-hybridized carbons (Fsp3) is 0.143. The first-order valence-electron chi connectivity index (χ1n) is 8.74. The summed E-state index contributed by atoms with van der Waals surface area (Å²) in [4.78, 5) is 18.6. The fourth-order valence-electron chi connectivity index (χ4n) is 2.95. The Hall–Kier alpha value is -3.06. The molecule has 1 amide bonds. The number of rotatable bonds is 5. The molecular weight excluding hydrogens is 380 g/mol. The number of carbonyl (C=O) groups is 1.